The van der Waals surface area contributed by atoms with Gasteiger partial charge in [-0.05, 0) is 25.0 Å². The number of esters is 1. The van der Waals surface area contributed by atoms with Crippen molar-refractivity contribution in [3.63, 3.8) is 0 Å². The van der Waals surface area contributed by atoms with E-state index in [9.17, 15) is 9.59 Å². The Hall–Kier alpha value is -1.91. The largest absolute Gasteiger partial charge is 0.465 e. The first kappa shape index (κ1) is 12.5. The standard InChI is InChI=1S/C13H16N2O3/c1-18-13(17)10-5-6-11(14-8-10)9-15-7-3-2-4-12(15)16/h5-6,8H,2-4,7,9H2,1H3. The number of nitrogens with zero attached hydrogens (tertiary/aromatic N) is 2. The maximum absolute atomic E-state index is 11.6. The molecule has 0 saturated carbocycles. The summed E-state index contributed by atoms with van der Waals surface area (Å²) in [5.41, 5.74) is 1.21. The second-order valence-corrected chi connectivity index (χ2v) is 4.30. The molecule has 0 N–H and O–H groups in total. The number of pyridine rings is 1. The molecule has 1 saturated heterocycles. The van der Waals surface area contributed by atoms with Crippen molar-refractivity contribution in [2.45, 2.75) is 25.8 Å². The van der Waals surface area contributed by atoms with Crippen molar-refractivity contribution in [2.75, 3.05) is 13.7 Å². The van der Waals surface area contributed by atoms with Gasteiger partial charge in [0.05, 0.1) is 24.9 Å². The van der Waals surface area contributed by atoms with Crippen molar-refractivity contribution in [3.8, 4) is 0 Å². The molecule has 0 aromatic carbocycles. The highest BCUT2D eigenvalue weighted by molar-refractivity contribution is 5.88. The molecule has 0 aliphatic carbocycles. The first-order valence-corrected chi connectivity index (χ1v) is 6.01. The molecule has 0 atom stereocenters. The summed E-state index contributed by atoms with van der Waals surface area (Å²) in [5.74, 6) is -0.219. The quantitative estimate of drug-likeness (QED) is 0.758. The molecule has 1 amide bonds. The number of ether oxygens (including phenoxy) is 1. The number of hydrogen-bond acceptors (Lipinski definition) is 4. The molecule has 1 aliphatic heterocycles. The third-order valence-electron chi connectivity index (χ3n) is 3.02. The van der Waals surface area contributed by atoms with Crippen molar-refractivity contribution < 1.29 is 14.3 Å². The molecule has 2 rings (SSSR count). The molecule has 5 heteroatoms. The SMILES string of the molecule is COC(=O)c1ccc(CN2CCCCC2=O)nc1. The van der Waals surface area contributed by atoms with E-state index in [2.05, 4.69) is 9.72 Å². The van der Waals surface area contributed by atoms with Crippen LogP contribution < -0.4 is 0 Å². The maximum Gasteiger partial charge on any atom is 0.339 e. The topological polar surface area (TPSA) is 59.5 Å². The van der Waals surface area contributed by atoms with Crippen LogP contribution in [0.1, 0.15) is 35.3 Å². The number of hydrogen-bond donors (Lipinski definition) is 0. The zero-order valence-corrected chi connectivity index (χ0v) is 10.4. The lowest BCUT2D eigenvalue weighted by atomic mass is 10.1. The molecule has 1 aliphatic rings. The Bertz CT molecular complexity index is 442. The first-order chi connectivity index (χ1) is 8.70. The van der Waals surface area contributed by atoms with Crippen molar-refractivity contribution in [1.29, 1.82) is 0 Å². The molecular formula is C13H16N2O3. The van der Waals surface area contributed by atoms with Crippen LogP contribution in [-0.4, -0.2) is 35.4 Å². The van der Waals surface area contributed by atoms with Crippen molar-refractivity contribution in [2.24, 2.45) is 0 Å². The van der Waals surface area contributed by atoms with Gasteiger partial charge in [0.25, 0.3) is 0 Å². The zero-order valence-electron chi connectivity index (χ0n) is 10.4. The molecule has 1 aromatic rings. The third-order valence-corrected chi connectivity index (χ3v) is 3.02. The van der Waals surface area contributed by atoms with Gasteiger partial charge in [0.2, 0.25) is 5.91 Å². The number of aromatic nitrogens is 1. The van der Waals surface area contributed by atoms with Gasteiger partial charge in [-0.1, -0.05) is 0 Å². The minimum Gasteiger partial charge on any atom is -0.465 e. The molecule has 18 heavy (non-hydrogen) atoms. The molecule has 96 valence electrons. The Labute approximate surface area is 106 Å². The molecule has 1 fully saturated rings. The summed E-state index contributed by atoms with van der Waals surface area (Å²) in [7, 11) is 1.34. The second-order valence-electron chi connectivity index (χ2n) is 4.30. The van der Waals surface area contributed by atoms with Crippen LogP contribution in [0.5, 0.6) is 0 Å². The highest BCUT2D eigenvalue weighted by atomic mass is 16.5. The summed E-state index contributed by atoms with van der Waals surface area (Å²) >= 11 is 0. The summed E-state index contributed by atoms with van der Waals surface area (Å²) in [4.78, 5) is 28.9. The van der Waals surface area contributed by atoms with Gasteiger partial charge in [-0.25, -0.2) is 4.79 Å². The summed E-state index contributed by atoms with van der Waals surface area (Å²) in [6.07, 6.45) is 4.13. The predicted octanol–water partition coefficient (Wildman–Crippen LogP) is 1.38. The van der Waals surface area contributed by atoms with Gasteiger partial charge >= 0.3 is 5.97 Å². The minimum absolute atomic E-state index is 0.181. The van der Waals surface area contributed by atoms with E-state index in [4.69, 9.17) is 0 Å². The number of likely N-dealkylation sites (tertiary alicyclic amines) is 1. The summed E-state index contributed by atoms with van der Waals surface area (Å²) < 4.78 is 4.60. The summed E-state index contributed by atoms with van der Waals surface area (Å²) in [6, 6.07) is 3.43. The first-order valence-electron chi connectivity index (χ1n) is 6.01. The van der Waals surface area contributed by atoms with E-state index >= 15 is 0 Å². The lowest BCUT2D eigenvalue weighted by Crippen LogP contribution is -2.34. The summed E-state index contributed by atoms with van der Waals surface area (Å²) in [5, 5.41) is 0. The Balaban J connectivity index is 2.01. The van der Waals surface area contributed by atoms with Crippen LogP contribution in [0.2, 0.25) is 0 Å². The number of carbonyl (C=O) groups is 2. The maximum atomic E-state index is 11.6. The summed E-state index contributed by atoms with van der Waals surface area (Å²) in [6.45, 7) is 1.31. The fraction of sp³-hybridized carbons (Fsp3) is 0.462. The van der Waals surface area contributed by atoms with Crippen LogP contribution in [0.4, 0.5) is 0 Å². The molecule has 0 bridgehead atoms. The van der Waals surface area contributed by atoms with Crippen molar-refractivity contribution >= 4 is 11.9 Å². The predicted molar refractivity (Wildman–Crippen MR) is 64.8 cm³/mol. The van der Waals surface area contributed by atoms with E-state index in [0.29, 0.717) is 18.5 Å². The zero-order chi connectivity index (χ0) is 13.0. The average Bonchev–Trinajstić information content (AvgIpc) is 2.41. The van der Waals surface area contributed by atoms with Crippen LogP contribution in [0.3, 0.4) is 0 Å². The van der Waals surface area contributed by atoms with Gasteiger partial charge in [-0.3, -0.25) is 9.78 Å². The minimum atomic E-state index is -0.400. The van der Waals surface area contributed by atoms with Crippen LogP contribution in [-0.2, 0) is 16.1 Å². The van der Waals surface area contributed by atoms with Crippen LogP contribution >= 0.6 is 0 Å². The fourth-order valence-electron chi connectivity index (χ4n) is 1.98. The van der Waals surface area contributed by atoms with Gasteiger partial charge in [0.15, 0.2) is 0 Å². The highest BCUT2D eigenvalue weighted by Crippen LogP contribution is 2.13. The van der Waals surface area contributed by atoms with E-state index in [1.54, 1.807) is 12.1 Å². The fourth-order valence-corrected chi connectivity index (χ4v) is 1.98. The number of piperidine rings is 1. The molecule has 0 spiro atoms. The lowest BCUT2D eigenvalue weighted by Gasteiger charge is -2.26. The van der Waals surface area contributed by atoms with Crippen LogP contribution in [0.25, 0.3) is 0 Å². The highest BCUT2D eigenvalue weighted by Gasteiger charge is 2.18. The van der Waals surface area contributed by atoms with Gasteiger partial charge in [-0.15, -0.1) is 0 Å². The Morgan fingerprint density at radius 1 is 1.44 bits per heavy atom. The lowest BCUT2D eigenvalue weighted by molar-refractivity contribution is -0.133. The Morgan fingerprint density at radius 3 is 2.89 bits per heavy atom. The second kappa shape index (κ2) is 5.62. The van der Waals surface area contributed by atoms with Crippen LogP contribution in [0.15, 0.2) is 18.3 Å². The van der Waals surface area contributed by atoms with E-state index in [0.717, 1.165) is 25.1 Å². The van der Waals surface area contributed by atoms with E-state index in [1.807, 2.05) is 4.90 Å². The van der Waals surface area contributed by atoms with E-state index < -0.39 is 5.97 Å². The molecule has 0 unspecified atom stereocenters. The van der Waals surface area contributed by atoms with Gasteiger partial charge < -0.3 is 9.64 Å². The Morgan fingerprint density at radius 2 is 2.28 bits per heavy atom. The molecule has 2 heterocycles. The Kier molecular flexibility index (Phi) is 3.92. The number of methoxy groups -OCH3 is 1. The molecule has 1 aromatic heterocycles. The smallest absolute Gasteiger partial charge is 0.339 e. The van der Waals surface area contributed by atoms with Crippen molar-refractivity contribution in [1.82, 2.24) is 9.88 Å². The van der Waals surface area contributed by atoms with E-state index in [-0.39, 0.29) is 5.91 Å². The number of carbonyl (C=O) groups excluding carboxylic acids is 2. The molecular weight excluding hydrogens is 232 g/mol. The van der Waals surface area contributed by atoms with Gasteiger partial charge in [0.1, 0.15) is 0 Å². The number of rotatable bonds is 3. The van der Waals surface area contributed by atoms with E-state index in [1.165, 1.54) is 13.3 Å². The van der Waals surface area contributed by atoms with Gasteiger partial charge in [-0.2, -0.15) is 0 Å². The van der Waals surface area contributed by atoms with Crippen LogP contribution in [0, 0.1) is 0 Å². The van der Waals surface area contributed by atoms with Gasteiger partial charge in [0, 0.05) is 19.2 Å². The average molecular weight is 248 g/mol. The number of amides is 1. The molecule has 0 radical (unpaired) electrons. The monoisotopic (exact) mass is 248 g/mol. The molecule has 5 nitrogen and oxygen atoms in total. The van der Waals surface area contributed by atoms with Crippen molar-refractivity contribution in [3.05, 3.63) is 29.6 Å². The normalized spacial score (nSPS) is 15.6. The third kappa shape index (κ3) is 2.85.